The second kappa shape index (κ2) is 7.35. The lowest BCUT2D eigenvalue weighted by Gasteiger charge is -2.20. The molecule has 0 atom stereocenters. The molecule has 0 amide bonds. The largest absolute Gasteiger partial charge is 0.364 e. The molecule has 0 fully saturated rings. The number of hydrogen-bond acceptors (Lipinski definition) is 6. The summed E-state index contributed by atoms with van der Waals surface area (Å²) in [6.07, 6.45) is 0.854. The lowest BCUT2D eigenvalue weighted by Crippen LogP contribution is -2.28. The summed E-state index contributed by atoms with van der Waals surface area (Å²) in [7, 11) is 2.04. The van der Waals surface area contributed by atoms with Crippen LogP contribution in [0.3, 0.4) is 0 Å². The van der Waals surface area contributed by atoms with Crippen LogP contribution in [0.15, 0.2) is 0 Å². The first-order chi connectivity index (χ1) is 9.32. The van der Waals surface area contributed by atoms with E-state index in [1.54, 1.807) is 6.92 Å². The Bertz CT molecular complexity index is 481. The summed E-state index contributed by atoms with van der Waals surface area (Å²) in [4.78, 5) is 20.4. The zero-order chi connectivity index (χ0) is 15.3. The summed E-state index contributed by atoms with van der Waals surface area (Å²) < 4.78 is 0. The standard InChI is InChI=1S/C12H20ClN5O2/c1-8(2)17(4)7-5-6-14-11-10(18(19)20)9(3)15-12(13)16-11/h8H,5-7H2,1-4H3,(H,14,15,16). The monoisotopic (exact) mass is 301 g/mol. The molecule has 7 nitrogen and oxygen atoms in total. The van der Waals surface area contributed by atoms with E-state index in [0.29, 0.717) is 12.6 Å². The lowest BCUT2D eigenvalue weighted by atomic mass is 10.3. The molecule has 20 heavy (non-hydrogen) atoms. The first-order valence-electron chi connectivity index (χ1n) is 6.45. The summed E-state index contributed by atoms with van der Waals surface area (Å²) in [6, 6.07) is 0.472. The number of hydrogen-bond donors (Lipinski definition) is 1. The van der Waals surface area contributed by atoms with Gasteiger partial charge in [0.05, 0.1) is 4.92 Å². The molecule has 0 radical (unpaired) electrons. The first-order valence-corrected chi connectivity index (χ1v) is 6.83. The van der Waals surface area contributed by atoms with Crippen molar-refractivity contribution in [3.05, 3.63) is 21.1 Å². The molecule has 0 saturated heterocycles. The third-order valence-electron chi connectivity index (χ3n) is 3.08. The van der Waals surface area contributed by atoms with Gasteiger partial charge in [0.15, 0.2) is 0 Å². The van der Waals surface area contributed by atoms with E-state index in [1.165, 1.54) is 0 Å². The number of rotatable bonds is 7. The molecule has 0 spiro atoms. The Kier molecular flexibility index (Phi) is 6.09. The second-order valence-corrected chi connectivity index (χ2v) is 5.23. The second-order valence-electron chi connectivity index (χ2n) is 4.89. The molecule has 112 valence electrons. The molecule has 0 aromatic carbocycles. The number of aryl methyl sites for hydroxylation is 1. The van der Waals surface area contributed by atoms with Crippen LogP contribution in [0.5, 0.6) is 0 Å². The van der Waals surface area contributed by atoms with Gasteiger partial charge in [-0.3, -0.25) is 10.1 Å². The van der Waals surface area contributed by atoms with Gasteiger partial charge >= 0.3 is 5.69 Å². The molecule has 0 aliphatic rings. The molecule has 1 aromatic rings. The van der Waals surface area contributed by atoms with Gasteiger partial charge in [-0.2, -0.15) is 4.98 Å². The van der Waals surface area contributed by atoms with Crippen molar-refractivity contribution in [2.45, 2.75) is 33.2 Å². The highest BCUT2D eigenvalue weighted by Crippen LogP contribution is 2.26. The zero-order valence-electron chi connectivity index (χ0n) is 12.2. The van der Waals surface area contributed by atoms with E-state index in [1.807, 2.05) is 7.05 Å². The minimum absolute atomic E-state index is 0.00917. The zero-order valence-corrected chi connectivity index (χ0v) is 12.9. The smallest absolute Gasteiger partial charge is 0.332 e. The Morgan fingerprint density at radius 3 is 2.65 bits per heavy atom. The fourth-order valence-corrected chi connectivity index (χ4v) is 1.88. The van der Waals surface area contributed by atoms with Crippen molar-refractivity contribution < 1.29 is 4.92 Å². The molecule has 0 aliphatic carbocycles. The van der Waals surface area contributed by atoms with E-state index in [4.69, 9.17) is 11.6 Å². The van der Waals surface area contributed by atoms with Crippen LogP contribution in [0.25, 0.3) is 0 Å². The minimum Gasteiger partial charge on any atom is -0.364 e. The number of anilines is 1. The molecule has 0 unspecified atom stereocenters. The van der Waals surface area contributed by atoms with Gasteiger partial charge in [0.1, 0.15) is 5.69 Å². The minimum atomic E-state index is -0.492. The van der Waals surface area contributed by atoms with Crippen molar-refractivity contribution >= 4 is 23.1 Å². The van der Waals surface area contributed by atoms with E-state index < -0.39 is 4.92 Å². The highest BCUT2D eigenvalue weighted by Gasteiger charge is 2.21. The van der Waals surface area contributed by atoms with Crippen LogP contribution in [-0.2, 0) is 0 Å². The van der Waals surface area contributed by atoms with E-state index in [-0.39, 0.29) is 22.5 Å². The fourth-order valence-electron chi connectivity index (χ4n) is 1.67. The van der Waals surface area contributed by atoms with Crippen LogP contribution in [0.2, 0.25) is 5.28 Å². The Labute approximate surface area is 123 Å². The number of nitrogens with zero attached hydrogens (tertiary/aromatic N) is 4. The van der Waals surface area contributed by atoms with Gasteiger partial charge in [-0.25, -0.2) is 4.98 Å². The molecule has 1 N–H and O–H groups in total. The topological polar surface area (TPSA) is 84.2 Å². The highest BCUT2D eigenvalue weighted by molar-refractivity contribution is 6.28. The molecule has 0 bridgehead atoms. The van der Waals surface area contributed by atoms with Crippen LogP contribution >= 0.6 is 11.6 Å². The Balaban J connectivity index is 2.66. The summed E-state index contributed by atoms with van der Waals surface area (Å²) in [6.45, 7) is 7.27. The fraction of sp³-hybridized carbons (Fsp3) is 0.667. The lowest BCUT2D eigenvalue weighted by molar-refractivity contribution is -0.385. The van der Waals surface area contributed by atoms with E-state index in [2.05, 4.69) is 34.0 Å². The SMILES string of the molecule is Cc1nc(Cl)nc(NCCCN(C)C(C)C)c1[N+](=O)[O-]. The van der Waals surface area contributed by atoms with Crippen LogP contribution < -0.4 is 5.32 Å². The molecule has 0 saturated carbocycles. The number of nitrogens with one attached hydrogen (secondary N) is 1. The van der Waals surface area contributed by atoms with Crippen molar-refractivity contribution in [2.75, 3.05) is 25.5 Å². The van der Waals surface area contributed by atoms with E-state index >= 15 is 0 Å². The summed E-state index contributed by atoms with van der Waals surface area (Å²) in [5.74, 6) is 0.180. The molecule has 8 heteroatoms. The molecule has 0 aliphatic heterocycles. The van der Waals surface area contributed by atoms with Crippen molar-refractivity contribution in [2.24, 2.45) is 0 Å². The van der Waals surface area contributed by atoms with Crippen LogP contribution in [-0.4, -0.2) is 46.0 Å². The number of halogens is 1. The quantitative estimate of drug-likeness (QED) is 0.360. The summed E-state index contributed by atoms with van der Waals surface area (Å²) in [5.41, 5.74) is 0.142. The number of nitro groups is 1. The van der Waals surface area contributed by atoms with Gasteiger partial charge in [-0.15, -0.1) is 0 Å². The predicted octanol–water partition coefficient (Wildman–Crippen LogP) is 2.49. The molecule has 1 rings (SSSR count). The van der Waals surface area contributed by atoms with Crippen molar-refractivity contribution in [1.29, 1.82) is 0 Å². The van der Waals surface area contributed by atoms with Crippen molar-refractivity contribution in [1.82, 2.24) is 14.9 Å². The van der Waals surface area contributed by atoms with Gasteiger partial charge in [-0.05, 0) is 52.4 Å². The van der Waals surface area contributed by atoms with Crippen LogP contribution in [0.4, 0.5) is 11.5 Å². The average Bonchev–Trinajstić information content (AvgIpc) is 2.32. The van der Waals surface area contributed by atoms with Gasteiger partial charge in [0, 0.05) is 12.6 Å². The van der Waals surface area contributed by atoms with Crippen molar-refractivity contribution in [3.8, 4) is 0 Å². The maximum absolute atomic E-state index is 11.0. The third-order valence-corrected chi connectivity index (χ3v) is 3.24. The predicted molar refractivity (Wildman–Crippen MR) is 79.3 cm³/mol. The van der Waals surface area contributed by atoms with Gasteiger partial charge in [-0.1, -0.05) is 0 Å². The van der Waals surface area contributed by atoms with Gasteiger partial charge < -0.3 is 10.2 Å². The van der Waals surface area contributed by atoms with E-state index in [0.717, 1.165) is 13.0 Å². The van der Waals surface area contributed by atoms with Crippen molar-refractivity contribution in [3.63, 3.8) is 0 Å². The van der Waals surface area contributed by atoms with E-state index in [9.17, 15) is 10.1 Å². The average molecular weight is 302 g/mol. The maximum Gasteiger partial charge on any atom is 0.332 e. The maximum atomic E-state index is 11.0. The highest BCUT2D eigenvalue weighted by atomic mass is 35.5. The number of aromatic nitrogens is 2. The molecular weight excluding hydrogens is 282 g/mol. The van der Waals surface area contributed by atoms with Crippen LogP contribution in [0.1, 0.15) is 26.0 Å². The first kappa shape index (κ1) is 16.6. The Morgan fingerprint density at radius 1 is 1.45 bits per heavy atom. The molecule has 1 aromatic heterocycles. The van der Waals surface area contributed by atoms with Crippen LogP contribution in [0, 0.1) is 17.0 Å². The third kappa shape index (κ3) is 4.57. The normalized spacial score (nSPS) is 11.2. The Hall–Kier alpha value is -1.47. The van der Waals surface area contributed by atoms with Gasteiger partial charge in [0.2, 0.25) is 11.1 Å². The summed E-state index contributed by atoms with van der Waals surface area (Å²) in [5, 5.41) is 14.0. The van der Waals surface area contributed by atoms with Gasteiger partial charge in [0.25, 0.3) is 0 Å². The molecule has 1 heterocycles. The molecular formula is C12H20ClN5O2. The summed E-state index contributed by atoms with van der Waals surface area (Å²) >= 11 is 5.74. The Morgan fingerprint density at radius 2 is 2.10 bits per heavy atom.